The van der Waals surface area contributed by atoms with Crippen molar-refractivity contribution in [1.82, 2.24) is 0 Å². The number of hydrogen-bond acceptors (Lipinski definition) is 2. The molecule has 158 valence electrons. The molecule has 0 unspecified atom stereocenters. The predicted octanol–water partition coefficient (Wildman–Crippen LogP) is 7.75. The molecule has 33 heavy (non-hydrogen) atoms. The first-order valence-electron chi connectivity index (χ1n) is 11.3. The molecule has 3 nitrogen and oxygen atoms in total. The molecule has 0 aliphatic rings. The van der Waals surface area contributed by atoms with Crippen LogP contribution in [0.15, 0.2) is 87.7 Å². The number of para-hydroxylation sites is 1. The van der Waals surface area contributed by atoms with Crippen LogP contribution in [-0.4, -0.2) is 0 Å². The van der Waals surface area contributed by atoms with Crippen LogP contribution in [0.3, 0.4) is 0 Å². The van der Waals surface area contributed by atoms with Crippen LogP contribution in [0.2, 0.25) is 0 Å². The van der Waals surface area contributed by atoms with Crippen molar-refractivity contribution in [3.05, 3.63) is 90.0 Å². The zero-order valence-corrected chi connectivity index (χ0v) is 18.8. The van der Waals surface area contributed by atoms with Crippen LogP contribution in [0, 0.1) is 13.8 Å². The van der Waals surface area contributed by atoms with Crippen molar-refractivity contribution in [3.8, 4) is 11.3 Å². The number of hydrogen-bond donors (Lipinski definition) is 0. The predicted molar refractivity (Wildman–Crippen MR) is 135 cm³/mol. The van der Waals surface area contributed by atoms with Crippen LogP contribution >= 0.6 is 0 Å². The van der Waals surface area contributed by atoms with Crippen molar-refractivity contribution in [2.45, 2.75) is 13.8 Å². The quantitative estimate of drug-likeness (QED) is 0.250. The minimum Gasteiger partial charge on any atom is -0.456 e. The lowest BCUT2D eigenvalue weighted by Gasteiger charge is -2.08. The van der Waals surface area contributed by atoms with E-state index in [1.54, 1.807) is 0 Å². The standard InChI is InChI=1S/C30H22NO2/c1-17-8-10-19-20-11-9-18(2)28(30(20)33-27(19)16-17)24-13-12-21-23(31(24)3)14-15-26-29(21)22-6-4-5-7-25(22)32-26/h4-16H,1-3H3/q+1. The summed E-state index contributed by atoms with van der Waals surface area (Å²) in [6, 6.07) is 27.7. The summed E-state index contributed by atoms with van der Waals surface area (Å²) in [4.78, 5) is 0. The van der Waals surface area contributed by atoms with Crippen LogP contribution in [-0.2, 0) is 7.05 Å². The number of benzene rings is 4. The van der Waals surface area contributed by atoms with Crippen molar-refractivity contribution >= 4 is 54.8 Å². The van der Waals surface area contributed by atoms with Crippen molar-refractivity contribution in [3.63, 3.8) is 0 Å². The van der Waals surface area contributed by atoms with E-state index in [4.69, 9.17) is 8.83 Å². The van der Waals surface area contributed by atoms with Crippen molar-refractivity contribution in [2.75, 3.05) is 0 Å². The van der Waals surface area contributed by atoms with Gasteiger partial charge in [-0.2, -0.15) is 4.57 Å². The van der Waals surface area contributed by atoms with Gasteiger partial charge in [-0.1, -0.05) is 42.5 Å². The van der Waals surface area contributed by atoms with Crippen molar-refractivity contribution in [1.29, 1.82) is 0 Å². The fraction of sp³-hybridized carbons (Fsp3) is 0.100. The van der Waals surface area contributed by atoms with E-state index >= 15 is 0 Å². The summed E-state index contributed by atoms with van der Waals surface area (Å²) in [6.45, 7) is 4.26. The third-order valence-corrected chi connectivity index (χ3v) is 6.95. The molecular weight excluding hydrogens is 406 g/mol. The zero-order valence-electron chi connectivity index (χ0n) is 18.8. The summed E-state index contributed by atoms with van der Waals surface area (Å²) in [5.74, 6) is 0. The molecule has 0 amide bonds. The zero-order chi connectivity index (χ0) is 22.3. The number of rotatable bonds is 1. The van der Waals surface area contributed by atoms with Crippen LogP contribution < -0.4 is 4.57 Å². The summed E-state index contributed by atoms with van der Waals surface area (Å²) in [7, 11) is 2.14. The second-order valence-corrected chi connectivity index (χ2v) is 8.98. The van der Waals surface area contributed by atoms with Gasteiger partial charge in [0.1, 0.15) is 29.4 Å². The highest BCUT2D eigenvalue weighted by molar-refractivity contribution is 6.18. The monoisotopic (exact) mass is 428 g/mol. The summed E-state index contributed by atoms with van der Waals surface area (Å²) in [5.41, 5.74) is 9.56. The molecule has 3 heteroatoms. The maximum atomic E-state index is 6.45. The molecule has 3 aromatic heterocycles. The van der Waals surface area contributed by atoms with Gasteiger partial charge >= 0.3 is 0 Å². The number of fused-ring (bicyclic) bond motifs is 8. The number of aryl methyl sites for hydroxylation is 3. The van der Waals surface area contributed by atoms with E-state index in [1.165, 1.54) is 21.9 Å². The van der Waals surface area contributed by atoms with E-state index in [2.05, 4.69) is 92.2 Å². The van der Waals surface area contributed by atoms with Crippen molar-refractivity contribution in [2.24, 2.45) is 7.05 Å². The largest absolute Gasteiger partial charge is 0.456 e. The second-order valence-electron chi connectivity index (χ2n) is 8.98. The van der Waals surface area contributed by atoms with Gasteiger partial charge in [0, 0.05) is 33.7 Å². The fourth-order valence-electron chi connectivity index (χ4n) is 5.31. The Bertz CT molecular complexity index is 1900. The molecule has 0 atom stereocenters. The average Bonchev–Trinajstić information content (AvgIpc) is 3.37. The number of aromatic nitrogens is 1. The Kier molecular flexibility index (Phi) is 3.61. The molecule has 0 radical (unpaired) electrons. The minimum atomic E-state index is 0.919. The average molecular weight is 429 g/mol. The summed E-state index contributed by atoms with van der Waals surface area (Å²) in [5, 5.41) is 5.82. The Morgan fingerprint density at radius 3 is 2.36 bits per heavy atom. The lowest BCUT2D eigenvalue weighted by atomic mass is 9.99. The lowest BCUT2D eigenvalue weighted by molar-refractivity contribution is -0.633. The maximum absolute atomic E-state index is 6.45. The Morgan fingerprint density at radius 1 is 0.636 bits per heavy atom. The van der Waals surface area contributed by atoms with Gasteiger partial charge in [-0.25, -0.2) is 0 Å². The number of furan rings is 2. The van der Waals surface area contributed by atoms with Crippen LogP contribution in [0.1, 0.15) is 11.1 Å². The number of pyridine rings is 1. The van der Waals surface area contributed by atoms with Gasteiger partial charge < -0.3 is 8.83 Å². The molecule has 0 spiro atoms. The molecule has 0 saturated carbocycles. The van der Waals surface area contributed by atoms with E-state index < -0.39 is 0 Å². The lowest BCUT2D eigenvalue weighted by Crippen LogP contribution is -2.32. The van der Waals surface area contributed by atoms with Gasteiger partial charge in [-0.05, 0) is 49.2 Å². The molecule has 4 aromatic carbocycles. The Morgan fingerprint density at radius 2 is 1.45 bits per heavy atom. The van der Waals surface area contributed by atoms with Crippen LogP contribution in [0.25, 0.3) is 66.0 Å². The highest BCUT2D eigenvalue weighted by atomic mass is 16.3. The van der Waals surface area contributed by atoms with Gasteiger partial charge in [-0.3, -0.25) is 0 Å². The fourth-order valence-corrected chi connectivity index (χ4v) is 5.31. The Balaban J connectivity index is 1.57. The van der Waals surface area contributed by atoms with Gasteiger partial charge in [0.25, 0.3) is 0 Å². The molecule has 7 aromatic rings. The maximum Gasteiger partial charge on any atom is 0.216 e. The first-order valence-corrected chi connectivity index (χ1v) is 11.3. The molecule has 3 heterocycles. The number of nitrogens with zero attached hydrogens (tertiary/aromatic N) is 1. The van der Waals surface area contributed by atoms with E-state index in [0.29, 0.717) is 0 Å². The third kappa shape index (κ3) is 2.48. The van der Waals surface area contributed by atoms with E-state index in [-0.39, 0.29) is 0 Å². The highest BCUT2D eigenvalue weighted by Gasteiger charge is 2.23. The molecule has 7 rings (SSSR count). The Labute approximate surface area is 190 Å². The molecular formula is C30H22NO2+. The summed E-state index contributed by atoms with van der Waals surface area (Å²) < 4.78 is 14.8. The Hall–Kier alpha value is -4.11. The first-order chi connectivity index (χ1) is 16.1. The summed E-state index contributed by atoms with van der Waals surface area (Å²) in [6.07, 6.45) is 0. The van der Waals surface area contributed by atoms with Gasteiger partial charge in [0.05, 0.1) is 10.9 Å². The molecule has 0 aliphatic carbocycles. The molecule has 0 aliphatic heterocycles. The topological polar surface area (TPSA) is 30.2 Å². The van der Waals surface area contributed by atoms with E-state index in [1.807, 2.05) is 12.1 Å². The van der Waals surface area contributed by atoms with Crippen LogP contribution in [0.5, 0.6) is 0 Å². The summed E-state index contributed by atoms with van der Waals surface area (Å²) >= 11 is 0. The molecule has 0 fully saturated rings. The van der Waals surface area contributed by atoms with Gasteiger partial charge in [0.2, 0.25) is 11.2 Å². The van der Waals surface area contributed by atoms with Gasteiger partial charge in [-0.15, -0.1) is 0 Å². The molecule has 0 bridgehead atoms. The van der Waals surface area contributed by atoms with Crippen molar-refractivity contribution < 1.29 is 13.4 Å². The van der Waals surface area contributed by atoms with E-state index in [0.717, 1.165) is 55.3 Å². The van der Waals surface area contributed by atoms with E-state index in [9.17, 15) is 0 Å². The SMILES string of the molecule is Cc1ccc2c(c1)oc1c(-c3ccc4c5c(ccc4[n+]3C)oc3ccccc35)c(C)ccc12. The highest BCUT2D eigenvalue weighted by Crippen LogP contribution is 2.39. The minimum absolute atomic E-state index is 0.919. The van der Waals surface area contributed by atoms with Gasteiger partial charge in [0.15, 0.2) is 0 Å². The second kappa shape index (κ2) is 6.46. The van der Waals surface area contributed by atoms with Crippen LogP contribution in [0.4, 0.5) is 0 Å². The smallest absolute Gasteiger partial charge is 0.216 e. The first kappa shape index (κ1) is 18.5. The normalized spacial score (nSPS) is 12.1. The molecule has 0 saturated heterocycles. The molecule has 0 N–H and O–H groups in total. The third-order valence-electron chi connectivity index (χ3n) is 6.95.